The van der Waals surface area contributed by atoms with Crippen molar-refractivity contribution in [1.29, 1.82) is 0 Å². The molecule has 2 atom stereocenters. The molecule has 0 bridgehead atoms. The number of nitrogens with zero attached hydrogens (tertiary/aromatic N) is 6. The van der Waals surface area contributed by atoms with Crippen LogP contribution < -0.4 is 20.1 Å². The Labute approximate surface area is 263 Å². The molecule has 2 aromatic carbocycles. The molecule has 232 valence electrons. The summed E-state index contributed by atoms with van der Waals surface area (Å²) < 4.78 is 30.6. The van der Waals surface area contributed by atoms with Crippen LogP contribution in [0.4, 0.5) is 23.0 Å². The largest absolute Gasteiger partial charge is 0.369 e. The number of para-hydroxylation sites is 1. The summed E-state index contributed by atoms with van der Waals surface area (Å²) in [5.41, 5.74) is 4.53. The molecular formula is C34H37N7O3S. The van der Waals surface area contributed by atoms with E-state index in [9.17, 15) is 13.2 Å². The smallest absolute Gasteiger partial charge is 0.260 e. The highest BCUT2D eigenvalue weighted by molar-refractivity contribution is 7.92. The van der Waals surface area contributed by atoms with E-state index >= 15 is 0 Å². The van der Waals surface area contributed by atoms with Crippen molar-refractivity contribution >= 4 is 49.6 Å². The molecule has 10 nitrogen and oxygen atoms in total. The van der Waals surface area contributed by atoms with Crippen LogP contribution in [0.15, 0.2) is 72.2 Å². The summed E-state index contributed by atoms with van der Waals surface area (Å²) in [4.78, 5) is 28.6. The third kappa shape index (κ3) is 4.89. The maximum atomic E-state index is 14.2. The number of allylic oxidation sites excluding steroid dienone is 1. The SMILES string of the molecule is C=C(c1cc2cnc(Nc3ccc(N4CCN5CCCC5C4)cc3)nc2n(C2Cc3ccccc3N(C)S2(=O)=O)c1=O)C1CC1. The molecule has 4 aromatic rings. The van der Waals surface area contributed by atoms with Crippen LogP contribution in [-0.4, -0.2) is 67.1 Å². The lowest BCUT2D eigenvalue weighted by Gasteiger charge is -2.38. The molecule has 1 N–H and O–H groups in total. The third-order valence-corrected chi connectivity index (χ3v) is 12.0. The standard InChI is InChI=1S/C34H37N7O3S/c1-22(23-9-10-23)29-18-25-20-35-34(36-26-11-13-27(14-12-26)40-17-16-39-15-5-7-28(39)21-40)37-32(25)41(33(29)42)31-19-24-6-3-4-8-30(24)38(2)45(31,43)44/h3-4,6,8,11-14,18,20,23,28,31H,1,5,7,9-10,15-17,19,21H2,2H3,(H,35,36,37). The summed E-state index contributed by atoms with van der Waals surface area (Å²) in [7, 11) is -2.40. The predicted molar refractivity (Wildman–Crippen MR) is 179 cm³/mol. The first-order chi connectivity index (χ1) is 21.8. The van der Waals surface area contributed by atoms with E-state index in [2.05, 4.69) is 38.8 Å². The van der Waals surface area contributed by atoms with Crippen molar-refractivity contribution in [3.8, 4) is 0 Å². The molecule has 1 aliphatic carbocycles. The maximum absolute atomic E-state index is 14.2. The number of pyridine rings is 1. The molecule has 2 unspecified atom stereocenters. The number of rotatable bonds is 6. The minimum Gasteiger partial charge on any atom is -0.369 e. The van der Waals surface area contributed by atoms with Gasteiger partial charge in [0.15, 0.2) is 5.37 Å². The zero-order valence-electron chi connectivity index (χ0n) is 25.4. The van der Waals surface area contributed by atoms with Crippen molar-refractivity contribution in [2.75, 3.05) is 47.7 Å². The molecule has 0 spiro atoms. The monoisotopic (exact) mass is 623 g/mol. The van der Waals surface area contributed by atoms with Gasteiger partial charge in [-0.05, 0) is 85.7 Å². The van der Waals surface area contributed by atoms with Gasteiger partial charge in [-0.3, -0.25) is 18.6 Å². The van der Waals surface area contributed by atoms with Crippen molar-refractivity contribution in [3.05, 3.63) is 88.9 Å². The van der Waals surface area contributed by atoms with Crippen molar-refractivity contribution in [3.63, 3.8) is 0 Å². The lowest BCUT2D eigenvalue weighted by atomic mass is 10.0. The molecule has 4 aliphatic rings. The average molecular weight is 624 g/mol. The molecule has 0 radical (unpaired) electrons. The first kappa shape index (κ1) is 28.3. The van der Waals surface area contributed by atoms with E-state index < -0.39 is 21.0 Å². The Bertz CT molecular complexity index is 1990. The Hall–Kier alpha value is -4.22. The Morgan fingerprint density at radius 2 is 1.82 bits per heavy atom. The normalized spacial score (nSPS) is 22.7. The summed E-state index contributed by atoms with van der Waals surface area (Å²) in [6, 6.07) is 18.1. The number of hydrogen-bond acceptors (Lipinski definition) is 8. The quantitative estimate of drug-likeness (QED) is 0.328. The Balaban J connectivity index is 1.16. The molecule has 0 amide bonds. The van der Waals surface area contributed by atoms with Crippen molar-refractivity contribution in [1.82, 2.24) is 19.4 Å². The maximum Gasteiger partial charge on any atom is 0.260 e. The number of piperazine rings is 1. The van der Waals surface area contributed by atoms with Crippen LogP contribution >= 0.6 is 0 Å². The highest BCUT2D eigenvalue weighted by Crippen LogP contribution is 2.41. The van der Waals surface area contributed by atoms with Crippen LogP contribution in [0.25, 0.3) is 16.6 Å². The van der Waals surface area contributed by atoms with Crippen LogP contribution in [0, 0.1) is 5.92 Å². The zero-order chi connectivity index (χ0) is 30.9. The zero-order valence-corrected chi connectivity index (χ0v) is 26.2. The molecule has 3 aliphatic heterocycles. The number of benzene rings is 2. The van der Waals surface area contributed by atoms with Gasteiger partial charge in [-0.15, -0.1) is 0 Å². The van der Waals surface area contributed by atoms with Gasteiger partial charge in [-0.25, -0.2) is 13.4 Å². The summed E-state index contributed by atoms with van der Waals surface area (Å²) in [5, 5.41) is 2.71. The topological polar surface area (TPSA) is 104 Å². The van der Waals surface area contributed by atoms with Gasteiger partial charge < -0.3 is 10.2 Å². The third-order valence-electron chi connectivity index (χ3n) is 10.0. The van der Waals surface area contributed by atoms with Crippen LogP contribution in [0.5, 0.6) is 0 Å². The van der Waals surface area contributed by atoms with Gasteiger partial charge in [0.1, 0.15) is 5.65 Å². The molecule has 5 heterocycles. The predicted octanol–water partition coefficient (Wildman–Crippen LogP) is 4.76. The summed E-state index contributed by atoms with van der Waals surface area (Å²) in [6.07, 6.45) is 6.31. The summed E-state index contributed by atoms with van der Waals surface area (Å²) in [5.74, 6) is 0.528. The van der Waals surface area contributed by atoms with Crippen LogP contribution in [-0.2, 0) is 16.4 Å². The van der Waals surface area contributed by atoms with Crippen LogP contribution in [0.2, 0.25) is 0 Å². The van der Waals surface area contributed by atoms with E-state index in [0.717, 1.165) is 49.3 Å². The lowest BCUT2D eigenvalue weighted by molar-refractivity contribution is 0.231. The van der Waals surface area contributed by atoms with E-state index in [1.807, 2.05) is 30.3 Å². The second-order valence-electron chi connectivity index (χ2n) is 12.8. The lowest BCUT2D eigenvalue weighted by Crippen LogP contribution is -2.50. The number of nitrogens with one attached hydrogen (secondary N) is 1. The van der Waals surface area contributed by atoms with Gasteiger partial charge in [0.25, 0.3) is 15.6 Å². The van der Waals surface area contributed by atoms with E-state index in [1.54, 1.807) is 25.4 Å². The second kappa shape index (κ2) is 10.7. The van der Waals surface area contributed by atoms with E-state index in [1.165, 1.54) is 33.9 Å². The van der Waals surface area contributed by atoms with Gasteiger partial charge in [0.05, 0.1) is 5.69 Å². The highest BCUT2D eigenvalue weighted by Gasteiger charge is 2.40. The fourth-order valence-corrected chi connectivity index (χ4v) is 8.94. The number of fused-ring (bicyclic) bond motifs is 3. The van der Waals surface area contributed by atoms with E-state index in [-0.39, 0.29) is 18.0 Å². The fraction of sp³-hybridized carbons (Fsp3) is 0.382. The molecule has 3 fully saturated rings. The number of sulfonamides is 1. The molecule has 8 rings (SSSR count). The molecule has 1 saturated carbocycles. The minimum atomic E-state index is -3.94. The van der Waals surface area contributed by atoms with Crippen molar-refractivity contribution in [2.45, 2.75) is 43.5 Å². The summed E-state index contributed by atoms with van der Waals surface area (Å²) >= 11 is 0. The fourth-order valence-electron chi connectivity index (χ4n) is 7.27. The van der Waals surface area contributed by atoms with Crippen LogP contribution in [0.3, 0.4) is 0 Å². The first-order valence-electron chi connectivity index (χ1n) is 15.8. The van der Waals surface area contributed by atoms with Crippen LogP contribution in [0.1, 0.15) is 42.2 Å². The van der Waals surface area contributed by atoms with Crippen molar-refractivity contribution in [2.24, 2.45) is 5.92 Å². The van der Waals surface area contributed by atoms with Gasteiger partial charge in [0.2, 0.25) is 5.95 Å². The Morgan fingerprint density at radius 1 is 1.02 bits per heavy atom. The van der Waals surface area contributed by atoms with Gasteiger partial charge in [-0.2, -0.15) is 4.98 Å². The van der Waals surface area contributed by atoms with Gasteiger partial charge >= 0.3 is 0 Å². The molecule has 45 heavy (non-hydrogen) atoms. The second-order valence-corrected chi connectivity index (χ2v) is 14.9. The minimum absolute atomic E-state index is 0.153. The molecule has 2 aromatic heterocycles. The van der Waals surface area contributed by atoms with Gasteiger partial charge in [0, 0.05) is 67.7 Å². The van der Waals surface area contributed by atoms with Crippen molar-refractivity contribution < 1.29 is 8.42 Å². The average Bonchev–Trinajstić information content (AvgIpc) is 3.80. The highest BCUT2D eigenvalue weighted by atomic mass is 32.2. The van der Waals surface area contributed by atoms with E-state index in [0.29, 0.717) is 28.6 Å². The van der Waals surface area contributed by atoms with E-state index in [4.69, 9.17) is 4.98 Å². The number of aromatic nitrogens is 3. The number of hydrogen-bond donors (Lipinski definition) is 1. The summed E-state index contributed by atoms with van der Waals surface area (Å²) in [6.45, 7) is 8.62. The first-order valence-corrected chi connectivity index (χ1v) is 17.3. The Morgan fingerprint density at radius 3 is 2.62 bits per heavy atom. The molecule has 11 heteroatoms. The molecule has 2 saturated heterocycles. The number of anilines is 4. The van der Waals surface area contributed by atoms with Gasteiger partial charge in [-0.1, -0.05) is 24.8 Å². The Kier molecular flexibility index (Phi) is 6.72. The molecular weight excluding hydrogens is 586 g/mol.